The minimum Gasteiger partial charge on any atom is -0.376 e. The molecular formula is C4H2N6O3. The number of nitrogens with two attached hydrogens (primary N) is 1. The monoisotopic (exact) mass is 182 g/mol. The summed E-state index contributed by atoms with van der Waals surface area (Å²) in [5, 5.41) is 23.8. The molecule has 66 valence electrons. The van der Waals surface area contributed by atoms with E-state index in [-0.39, 0.29) is 17.0 Å². The SMILES string of the molecule is Nc1nnc2nonc2c1[N+](=O)[O-]. The number of nitrogen functional groups attached to an aromatic ring is 1. The second-order valence-electron chi connectivity index (χ2n) is 2.13. The number of hydrogen-bond donors (Lipinski definition) is 1. The summed E-state index contributed by atoms with van der Waals surface area (Å²) < 4.78 is 4.25. The molecule has 0 unspecified atom stereocenters. The van der Waals surface area contributed by atoms with E-state index in [2.05, 4.69) is 25.1 Å². The predicted molar refractivity (Wildman–Crippen MR) is 38.5 cm³/mol. The van der Waals surface area contributed by atoms with Gasteiger partial charge in [0.15, 0.2) is 0 Å². The van der Waals surface area contributed by atoms with Crippen LogP contribution in [0.3, 0.4) is 0 Å². The highest BCUT2D eigenvalue weighted by atomic mass is 16.6. The van der Waals surface area contributed by atoms with E-state index in [9.17, 15) is 10.1 Å². The van der Waals surface area contributed by atoms with Gasteiger partial charge in [-0.15, -0.1) is 10.2 Å². The molecule has 0 aliphatic heterocycles. The summed E-state index contributed by atoms with van der Waals surface area (Å²) in [6.45, 7) is 0. The van der Waals surface area contributed by atoms with Gasteiger partial charge in [-0.3, -0.25) is 10.1 Å². The van der Waals surface area contributed by atoms with Crippen molar-refractivity contribution in [1.29, 1.82) is 0 Å². The largest absolute Gasteiger partial charge is 0.376 e. The average Bonchev–Trinajstić information content (AvgIpc) is 2.50. The highest BCUT2D eigenvalue weighted by molar-refractivity contribution is 5.84. The van der Waals surface area contributed by atoms with Gasteiger partial charge in [-0.25, -0.2) is 4.63 Å². The van der Waals surface area contributed by atoms with Crippen LogP contribution in [0.15, 0.2) is 4.63 Å². The van der Waals surface area contributed by atoms with Crippen molar-refractivity contribution >= 4 is 22.7 Å². The number of aromatic nitrogens is 4. The van der Waals surface area contributed by atoms with E-state index in [1.807, 2.05) is 0 Å². The summed E-state index contributed by atoms with van der Waals surface area (Å²) in [5.74, 6) is -0.312. The first kappa shape index (κ1) is 7.34. The number of rotatable bonds is 1. The van der Waals surface area contributed by atoms with Crippen molar-refractivity contribution in [3.63, 3.8) is 0 Å². The molecule has 0 radical (unpaired) electrons. The van der Waals surface area contributed by atoms with Gasteiger partial charge in [0, 0.05) is 0 Å². The van der Waals surface area contributed by atoms with Crippen LogP contribution in [0.5, 0.6) is 0 Å². The van der Waals surface area contributed by atoms with Gasteiger partial charge in [0.1, 0.15) is 0 Å². The van der Waals surface area contributed by atoms with E-state index in [0.717, 1.165) is 0 Å². The Kier molecular flexibility index (Phi) is 1.32. The summed E-state index contributed by atoms with van der Waals surface area (Å²) in [6, 6.07) is 0. The maximum atomic E-state index is 10.5. The predicted octanol–water partition coefficient (Wildman–Crippen LogP) is -0.497. The fourth-order valence-electron chi connectivity index (χ4n) is 0.849. The van der Waals surface area contributed by atoms with Crippen molar-refractivity contribution in [2.45, 2.75) is 0 Å². The minimum atomic E-state index is -0.712. The number of nitro groups is 1. The van der Waals surface area contributed by atoms with Crippen LogP contribution in [0.2, 0.25) is 0 Å². The molecule has 0 aliphatic rings. The first-order valence-electron chi connectivity index (χ1n) is 3.09. The summed E-state index contributed by atoms with van der Waals surface area (Å²) in [7, 11) is 0. The molecule has 2 N–H and O–H groups in total. The second kappa shape index (κ2) is 2.33. The fourth-order valence-corrected chi connectivity index (χ4v) is 0.849. The minimum absolute atomic E-state index is 0.0408. The quantitative estimate of drug-likeness (QED) is 0.460. The zero-order valence-electron chi connectivity index (χ0n) is 6.04. The smallest absolute Gasteiger partial charge is 0.345 e. The molecular weight excluding hydrogens is 180 g/mol. The molecule has 0 aliphatic carbocycles. The maximum Gasteiger partial charge on any atom is 0.345 e. The van der Waals surface area contributed by atoms with E-state index < -0.39 is 10.6 Å². The fraction of sp³-hybridized carbons (Fsp3) is 0. The summed E-state index contributed by atoms with van der Waals surface area (Å²) in [6.07, 6.45) is 0. The van der Waals surface area contributed by atoms with Gasteiger partial charge in [-0.2, -0.15) is 0 Å². The van der Waals surface area contributed by atoms with Crippen molar-refractivity contribution < 1.29 is 9.55 Å². The molecule has 2 aromatic rings. The van der Waals surface area contributed by atoms with Crippen LogP contribution in [0.4, 0.5) is 11.5 Å². The lowest BCUT2D eigenvalue weighted by molar-refractivity contribution is -0.382. The van der Waals surface area contributed by atoms with Crippen LogP contribution >= 0.6 is 0 Å². The lowest BCUT2D eigenvalue weighted by Crippen LogP contribution is -2.01. The lowest BCUT2D eigenvalue weighted by atomic mass is 10.4. The molecule has 9 nitrogen and oxygen atoms in total. The van der Waals surface area contributed by atoms with Gasteiger partial charge >= 0.3 is 5.69 Å². The van der Waals surface area contributed by atoms with Gasteiger partial charge in [-0.1, -0.05) is 0 Å². The molecule has 2 heterocycles. The Hall–Kier alpha value is -2.32. The first-order chi connectivity index (χ1) is 6.20. The highest BCUT2D eigenvalue weighted by Gasteiger charge is 2.23. The molecule has 2 aromatic heterocycles. The zero-order valence-corrected chi connectivity index (χ0v) is 6.04. The van der Waals surface area contributed by atoms with E-state index >= 15 is 0 Å². The Morgan fingerprint density at radius 1 is 1.38 bits per heavy atom. The normalized spacial score (nSPS) is 10.5. The van der Waals surface area contributed by atoms with Crippen LogP contribution in [0, 0.1) is 10.1 Å². The van der Waals surface area contributed by atoms with Crippen molar-refractivity contribution in [2.24, 2.45) is 0 Å². The Morgan fingerprint density at radius 3 is 2.85 bits per heavy atom. The molecule has 0 saturated carbocycles. The Morgan fingerprint density at radius 2 is 2.15 bits per heavy atom. The van der Waals surface area contributed by atoms with E-state index in [4.69, 9.17) is 5.73 Å². The Balaban J connectivity index is 2.88. The molecule has 2 rings (SSSR count). The van der Waals surface area contributed by atoms with Gasteiger partial charge < -0.3 is 5.73 Å². The average molecular weight is 182 g/mol. The molecule has 0 spiro atoms. The van der Waals surface area contributed by atoms with Gasteiger partial charge in [0.25, 0.3) is 5.65 Å². The van der Waals surface area contributed by atoms with Gasteiger partial charge in [-0.05, 0) is 10.3 Å². The number of nitrogens with zero attached hydrogens (tertiary/aromatic N) is 5. The second-order valence-corrected chi connectivity index (χ2v) is 2.13. The molecule has 9 heteroatoms. The van der Waals surface area contributed by atoms with Crippen LogP contribution in [-0.4, -0.2) is 25.4 Å². The lowest BCUT2D eigenvalue weighted by Gasteiger charge is -1.92. The summed E-state index contributed by atoms with van der Waals surface area (Å²) >= 11 is 0. The zero-order chi connectivity index (χ0) is 9.42. The Bertz CT molecular complexity index is 478. The van der Waals surface area contributed by atoms with Crippen molar-refractivity contribution in [3.05, 3.63) is 10.1 Å². The van der Waals surface area contributed by atoms with Crippen LogP contribution in [0.1, 0.15) is 0 Å². The molecule has 0 saturated heterocycles. The molecule has 0 bridgehead atoms. The van der Waals surface area contributed by atoms with Gasteiger partial charge in [0.2, 0.25) is 11.3 Å². The van der Waals surface area contributed by atoms with Crippen LogP contribution in [-0.2, 0) is 0 Å². The molecule has 0 amide bonds. The molecule has 0 aromatic carbocycles. The molecule has 13 heavy (non-hydrogen) atoms. The van der Waals surface area contributed by atoms with Crippen molar-refractivity contribution in [1.82, 2.24) is 20.5 Å². The maximum absolute atomic E-state index is 10.5. The summed E-state index contributed by atoms with van der Waals surface area (Å²) in [4.78, 5) is 9.77. The molecule has 0 fully saturated rings. The standard InChI is InChI=1S/C4H2N6O3/c5-3-2(10(11)12)1-4(7-6-3)9-13-8-1/h5H2. The van der Waals surface area contributed by atoms with Crippen molar-refractivity contribution in [2.75, 3.05) is 5.73 Å². The molecule has 0 atom stereocenters. The highest BCUT2D eigenvalue weighted by Crippen LogP contribution is 2.24. The van der Waals surface area contributed by atoms with Crippen molar-refractivity contribution in [3.8, 4) is 0 Å². The number of anilines is 1. The topological polar surface area (TPSA) is 134 Å². The first-order valence-corrected chi connectivity index (χ1v) is 3.09. The van der Waals surface area contributed by atoms with Crippen LogP contribution < -0.4 is 5.73 Å². The number of hydrogen-bond acceptors (Lipinski definition) is 8. The third-order valence-corrected chi connectivity index (χ3v) is 1.37. The van der Waals surface area contributed by atoms with E-state index in [1.165, 1.54) is 0 Å². The van der Waals surface area contributed by atoms with Gasteiger partial charge in [0.05, 0.1) is 4.92 Å². The van der Waals surface area contributed by atoms with Crippen LogP contribution in [0.25, 0.3) is 11.2 Å². The van der Waals surface area contributed by atoms with E-state index in [1.54, 1.807) is 0 Å². The third-order valence-electron chi connectivity index (χ3n) is 1.37. The Labute approximate surface area is 69.7 Å². The third kappa shape index (κ3) is 0.937. The summed E-state index contributed by atoms with van der Waals surface area (Å²) in [5.41, 5.74) is 4.64. The van der Waals surface area contributed by atoms with E-state index in [0.29, 0.717) is 0 Å². The number of fused-ring (bicyclic) bond motifs is 1.